The number of carbonyl (C=O) groups excluding carboxylic acids is 2. The third-order valence-electron chi connectivity index (χ3n) is 4.42. The Balaban J connectivity index is 1.72. The lowest BCUT2D eigenvalue weighted by molar-refractivity contribution is -0.121. The molecule has 26 heavy (non-hydrogen) atoms. The van der Waals surface area contributed by atoms with Crippen LogP contribution in [0.25, 0.3) is 0 Å². The quantitative estimate of drug-likeness (QED) is 0.659. The van der Waals surface area contributed by atoms with Gasteiger partial charge in [-0.3, -0.25) is 4.79 Å². The number of para-hydroxylation sites is 2. The second kappa shape index (κ2) is 7.83. The topological polar surface area (TPSA) is 72.6 Å². The second-order valence-electron chi connectivity index (χ2n) is 6.34. The van der Waals surface area contributed by atoms with Crippen molar-refractivity contribution in [2.75, 3.05) is 23.8 Å². The van der Waals surface area contributed by atoms with Crippen molar-refractivity contribution in [3.05, 3.63) is 53.6 Å². The normalized spacial score (nSPS) is 16.5. The van der Waals surface area contributed by atoms with Gasteiger partial charge in [-0.15, -0.1) is 11.8 Å². The number of carbonyl (C=O) groups is 2. The minimum absolute atomic E-state index is 0.230. The van der Waals surface area contributed by atoms with Crippen molar-refractivity contribution in [2.24, 2.45) is 0 Å². The first kappa shape index (κ1) is 18.3. The lowest BCUT2D eigenvalue weighted by atomic mass is 10.1. The van der Waals surface area contributed by atoms with E-state index in [1.165, 1.54) is 0 Å². The summed E-state index contributed by atoms with van der Waals surface area (Å²) >= 11 is 1.76. The molecule has 1 aliphatic rings. The molecule has 1 atom stereocenters. The summed E-state index contributed by atoms with van der Waals surface area (Å²) in [7, 11) is 0. The maximum absolute atomic E-state index is 12.7. The summed E-state index contributed by atoms with van der Waals surface area (Å²) in [5.74, 6) is -0.808. The highest BCUT2D eigenvalue weighted by Gasteiger charge is 2.25. The molecular formula is C20H22N2O3S. The Morgan fingerprint density at radius 1 is 1.23 bits per heavy atom. The number of thioether (sulfide) groups is 1. The van der Waals surface area contributed by atoms with Crippen molar-refractivity contribution in [3.63, 3.8) is 0 Å². The smallest absolute Gasteiger partial charge is 0.340 e. The van der Waals surface area contributed by atoms with E-state index in [0.717, 1.165) is 22.6 Å². The van der Waals surface area contributed by atoms with E-state index in [0.29, 0.717) is 23.0 Å². The summed E-state index contributed by atoms with van der Waals surface area (Å²) in [4.78, 5) is 27.8. The number of ether oxygens (including phenoxy) is 1. The van der Waals surface area contributed by atoms with Crippen LogP contribution in [0.5, 0.6) is 0 Å². The predicted octanol–water partition coefficient (Wildman–Crippen LogP) is 3.65. The number of nitrogen functional groups attached to an aromatic ring is 1. The van der Waals surface area contributed by atoms with Crippen molar-refractivity contribution in [3.8, 4) is 0 Å². The standard InChI is InChI=1S/C20H22N2O3S/c1-13-6-5-7-15(19(13)21)20(24)25-12-18(23)22-11-10-14(2)26-17-9-4-3-8-16(17)22/h3-9,14H,10-12,21H2,1-2H3/t14-/m0/s1. The molecule has 5 nitrogen and oxygen atoms in total. The number of hydrogen-bond acceptors (Lipinski definition) is 5. The number of fused-ring (bicyclic) bond motifs is 1. The minimum Gasteiger partial charge on any atom is -0.452 e. The molecule has 0 aliphatic carbocycles. The van der Waals surface area contributed by atoms with Gasteiger partial charge >= 0.3 is 5.97 Å². The molecule has 136 valence electrons. The van der Waals surface area contributed by atoms with Gasteiger partial charge in [0.2, 0.25) is 0 Å². The zero-order chi connectivity index (χ0) is 18.7. The minimum atomic E-state index is -0.578. The third-order valence-corrected chi connectivity index (χ3v) is 5.65. The van der Waals surface area contributed by atoms with Crippen LogP contribution in [-0.4, -0.2) is 30.3 Å². The fourth-order valence-electron chi connectivity index (χ4n) is 2.89. The average Bonchev–Trinajstić information content (AvgIpc) is 2.80. The van der Waals surface area contributed by atoms with Gasteiger partial charge < -0.3 is 15.4 Å². The Morgan fingerprint density at radius 3 is 2.81 bits per heavy atom. The van der Waals surface area contributed by atoms with Gasteiger partial charge in [-0.25, -0.2) is 4.79 Å². The van der Waals surface area contributed by atoms with Gasteiger partial charge in [0.15, 0.2) is 6.61 Å². The SMILES string of the molecule is Cc1cccc(C(=O)OCC(=O)N2CC[C@H](C)Sc3ccccc32)c1N. The summed E-state index contributed by atoms with van der Waals surface area (Å²) in [5, 5.41) is 0.420. The van der Waals surface area contributed by atoms with Crippen molar-refractivity contribution in [2.45, 2.75) is 30.4 Å². The van der Waals surface area contributed by atoms with Gasteiger partial charge in [0.1, 0.15) is 0 Å². The molecule has 0 radical (unpaired) electrons. The summed E-state index contributed by atoms with van der Waals surface area (Å²) < 4.78 is 5.24. The molecule has 6 heteroatoms. The van der Waals surface area contributed by atoms with Gasteiger partial charge in [0.25, 0.3) is 5.91 Å². The van der Waals surface area contributed by atoms with Crippen LogP contribution in [0.2, 0.25) is 0 Å². The molecule has 2 aromatic carbocycles. The number of nitrogens with zero attached hydrogens (tertiary/aromatic N) is 1. The molecule has 0 saturated carbocycles. The molecule has 3 rings (SSSR count). The Labute approximate surface area is 157 Å². The molecule has 2 N–H and O–H groups in total. The maximum atomic E-state index is 12.7. The van der Waals surface area contributed by atoms with Crippen LogP contribution in [0.4, 0.5) is 11.4 Å². The lowest BCUT2D eigenvalue weighted by Gasteiger charge is -2.22. The molecule has 0 bridgehead atoms. The molecule has 1 heterocycles. The maximum Gasteiger partial charge on any atom is 0.340 e. The van der Waals surface area contributed by atoms with E-state index >= 15 is 0 Å². The van der Waals surface area contributed by atoms with Crippen LogP contribution in [0.1, 0.15) is 29.3 Å². The Hall–Kier alpha value is -2.47. The van der Waals surface area contributed by atoms with Crippen molar-refractivity contribution in [1.82, 2.24) is 0 Å². The highest BCUT2D eigenvalue weighted by atomic mass is 32.2. The summed E-state index contributed by atoms with van der Waals surface area (Å²) in [5.41, 5.74) is 8.28. The Kier molecular flexibility index (Phi) is 5.52. The number of aryl methyl sites for hydroxylation is 1. The molecule has 0 fully saturated rings. The van der Waals surface area contributed by atoms with Crippen LogP contribution in [0, 0.1) is 6.92 Å². The number of nitrogens with two attached hydrogens (primary N) is 1. The van der Waals surface area contributed by atoms with E-state index in [4.69, 9.17) is 10.5 Å². The zero-order valence-electron chi connectivity index (χ0n) is 14.9. The molecule has 1 amide bonds. The number of benzene rings is 2. The second-order valence-corrected chi connectivity index (χ2v) is 7.82. The number of esters is 1. The van der Waals surface area contributed by atoms with Crippen LogP contribution in [-0.2, 0) is 9.53 Å². The van der Waals surface area contributed by atoms with Crippen molar-refractivity contribution in [1.29, 1.82) is 0 Å². The van der Waals surface area contributed by atoms with E-state index in [1.807, 2.05) is 37.3 Å². The first-order valence-corrected chi connectivity index (χ1v) is 9.43. The van der Waals surface area contributed by atoms with Crippen LogP contribution in [0.3, 0.4) is 0 Å². The number of rotatable bonds is 3. The molecular weight excluding hydrogens is 348 g/mol. The summed E-state index contributed by atoms with van der Waals surface area (Å²) in [6.07, 6.45) is 0.879. The first-order valence-electron chi connectivity index (χ1n) is 8.55. The molecule has 2 aromatic rings. The summed E-state index contributed by atoms with van der Waals surface area (Å²) in [6.45, 7) is 4.27. The van der Waals surface area contributed by atoms with Gasteiger partial charge in [0, 0.05) is 22.4 Å². The van der Waals surface area contributed by atoms with Crippen LogP contribution >= 0.6 is 11.8 Å². The van der Waals surface area contributed by atoms with Crippen LogP contribution in [0.15, 0.2) is 47.4 Å². The average molecular weight is 370 g/mol. The van der Waals surface area contributed by atoms with Crippen LogP contribution < -0.4 is 10.6 Å². The number of anilines is 2. The van der Waals surface area contributed by atoms with Gasteiger partial charge in [-0.2, -0.15) is 0 Å². The fraction of sp³-hybridized carbons (Fsp3) is 0.300. The predicted molar refractivity (Wildman–Crippen MR) is 105 cm³/mol. The summed E-state index contributed by atoms with van der Waals surface area (Å²) in [6, 6.07) is 13.0. The highest BCUT2D eigenvalue weighted by Crippen LogP contribution is 2.37. The van der Waals surface area contributed by atoms with E-state index in [1.54, 1.807) is 28.8 Å². The van der Waals surface area contributed by atoms with Crippen molar-refractivity contribution < 1.29 is 14.3 Å². The van der Waals surface area contributed by atoms with Gasteiger partial charge in [-0.1, -0.05) is 31.2 Å². The molecule has 0 spiro atoms. The largest absolute Gasteiger partial charge is 0.452 e. The van der Waals surface area contributed by atoms with Gasteiger partial charge in [-0.05, 0) is 37.1 Å². The molecule has 0 aromatic heterocycles. The Morgan fingerprint density at radius 2 is 2.00 bits per heavy atom. The van der Waals surface area contributed by atoms with E-state index in [-0.39, 0.29) is 12.5 Å². The van der Waals surface area contributed by atoms with Gasteiger partial charge in [0.05, 0.1) is 11.3 Å². The number of hydrogen-bond donors (Lipinski definition) is 1. The Bertz CT molecular complexity index is 838. The van der Waals surface area contributed by atoms with Crippen molar-refractivity contribution >= 4 is 35.0 Å². The third kappa shape index (κ3) is 3.85. The molecule has 0 saturated heterocycles. The number of amides is 1. The van der Waals surface area contributed by atoms with E-state index in [9.17, 15) is 9.59 Å². The highest BCUT2D eigenvalue weighted by molar-refractivity contribution is 8.00. The molecule has 1 aliphatic heterocycles. The molecule has 0 unspecified atom stereocenters. The van der Waals surface area contributed by atoms with E-state index < -0.39 is 5.97 Å². The first-order chi connectivity index (χ1) is 12.5. The fourth-order valence-corrected chi connectivity index (χ4v) is 4.00. The van der Waals surface area contributed by atoms with E-state index in [2.05, 4.69) is 6.92 Å². The lowest BCUT2D eigenvalue weighted by Crippen LogP contribution is -2.35. The monoisotopic (exact) mass is 370 g/mol. The zero-order valence-corrected chi connectivity index (χ0v) is 15.7.